The van der Waals surface area contributed by atoms with Crippen molar-refractivity contribution in [3.8, 4) is 0 Å². The topological polar surface area (TPSA) is 52.0 Å². The van der Waals surface area contributed by atoms with E-state index >= 15 is 0 Å². The average Bonchev–Trinajstić information content (AvgIpc) is 2.65. The third kappa shape index (κ3) is 3.87. The van der Waals surface area contributed by atoms with Crippen molar-refractivity contribution in [3.63, 3.8) is 0 Å². The lowest BCUT2D eigenvalue weighted by Crippen LogP contribution is -2.10. The standard InChI is InChI=1S/C13H16Cl2N2O2S/c1-20(18,19)8-2-7-17-12-4-3-10(15)9-11(12)16-13(17)5-6-14/h3-4,9H,2,5-8H2,1H3. The Bertz CT molecular complexity index is 710. The quantitative estimate of drug-likeness (QED) is 0.763. The highest BCUT2D eigenvalue weighted by Gasteiger charge is 2.11. The van der Waals surface area contributed by atoms with Crippen LogP contribution in [0.5, 0.6) is 0 Å². The number of aromatic nitrogens is 2. The Hall–Kier alpha value is -0.780. The van der Waals surface area contributed by atoms with Gasteiger partial charge in [-0.2, -0.15) is 0 Å². The minimum Gasteiger partial charge on any atom is -0.328 e. The number of halogens is 2. The molecule has 0 spiro atoms. The summed E-state index contributed by atoms with van der Waals surface area (Å²) in [7, 11) is -2.94. The van der Waals surface area contributed by atoms with E-state index in [-0.39, 0.29) is 5.75 Å². The molecule has 0 atom stereocenters. The van der Waals surface area contributed by atoms with Crippen LogP contribution in [-0.2, 0) is 22.8 Å². The first-order chi connectivity index (χ1) is 9.40. The maximum Gasteiger partial charge on any atom is 0.147 e. The molecule has 1 aromatic heterocycles. The third-order valence-electron chi connectivity index (χ3n) is 3.00. The van der Waals surface area contributed by atoms with E-state index in [0.717, 1.165) is 16.9 Å². The smallest absolute Gasteiger partial charge is 0.147 e. The van der Waals surface area contributed by atoms with Crippen LogP contribution in [0.15, 0.2) is 18.2 Å². The van der Waals surface area contributed by atoms with Crippen molar-refractivity contribution in [1.29, 1.82) is 0 Å². The van der Waals surface area contributed by atoms with Crippen LogP contribution in [0.3, 0.4) is 0 Å². The van der Waals surface area contributed by atoms with Crippen molar-refractivity contribution in [2.24, 2.45) is 0 Å². The van der Waals surface area contributed by atoms with Crippen LogP contribution in [0.1, 0.15) is 12.2 Å². The van der Waals surface area contributed by atoms with Gasteiger partial charge in [-0.05, 0) is 24.6 Å². The molecule has 0 amide bonds. The minimum atomic E-state index is -2.94. The number of nitrogens with zero attached hydrogens (tertiary/aromatic N) is 2. The first-order valence-corrected chi connectivity index (χ1v) is 9.26. The first-order valence-electron chi connectivity index (χ1n) is 6.29. The van der Waals surface area contributed by atoms with Gasteiger partial charge in [0.15, 0.2) is 0 Å². The molecule has 2 rings (SSSR count). The van der Waals surface area contributed by atoms with Gasteiger partial charge in [-0.25, -0.2) is 13.4 Å². The Kier molecular flexibility index (Phi) is 4.94. The number of hydrogen-bond donors (Lipinski definition) is 0. The van der Waals surface area contributed by atoms with Crippen LogP contribution < -0.4 is 0 Å². The highest BCUT2D eigenvalue weighted by molar-refractivity contribution is 7.90. The molecule has 110 valence electrons. The summed E-state index contributed by atoms with van der Waals surface area (Å²) in [5, 5.41) is 0.635. The van der Waals surface area contributed by atoms with E-state index in [1.807, 2.05) is 22.8 Å². The second kappa shape index (κ2) is 6.33. The SMILES string of the molecule is CS(=O)(=O)CCCn1c(CCCl)nc2cc(Cl)ccc21. The second-order valence-electron chi connectivity index (χ2n) is 4.74. The van der Waals surface area contributed by atoms with E-state index in [0.29, 0.717) is 30.3 Å². The van der Waals surface area contributed by atoms with Crippen molar-refractivity contribution in [2.45, 2.75) is 19.4 Å². The number of sulfone groups is 1. The van der Waals surface area contributed by atoms with E-state index in [1.165, 1.54) is 6.26 Å². The molecule has 0 aliphatic carbocycles. The van der Waals surface area contributed by atoms with Crippen LogP contribution in [0.25, 0.3) is 11.0 Å². The molecule has 4 nitrogen and oxygen atoms in total. The van der Waals surface area contributed by atoms with Crippen molar-refractivity contribution in [1.82, 2.24) is 9.55 Å². The number of benzene rings is 1. The number of hydrogen-bond acceptors (Lipinski definition) is 3. The Morgan fingerprint density at radius 3 is 2.75 bits per heavy atom. The monoisotopic (exact) mass is 334 g/mol. The molecule has 0 unspecified atom stereocenters. The summed E-state index contributed by atoms with van der Waals surface area (Å²) < 4.78 is 24.5. The number of fused-ring (bicyclic) bond motifs is 1. The summed E-state index contributed by atoms with van der Waals surface area (Å²) in [4.78, 5) is 4.52. The average molecular weight is 335 g/mol. The fraction of sp³-hybridized carbons (Fsp3) is 0.462. The lowest BCUT2D eigenvalue weighted by atomic mass is 10.3. The van der Waals surface area contributed by atoms with Gasteiger partial charge in [0.25, 0.3) is 0 Å². The molecular formula is C13H16Cl2N2O2S. The van der Waals surface area contributed by atoms with Crippen molar-refractivity contribution < 1.29 is 8.42 Å². The van der Waals surface area contributed by atoms with Gasteiger partial charge in [-0.1, -0.05) is 11.6 Å². The summed E-state index contributed by atoms with van der Waals surface area (Å²) in [6, 6.07) is 5.52. The molecule has 1 aromatic carbocycles. The summed E-state index contributed by atoms with van der Waals surface area (Å²) in [5.74, 6) is 1.51. The van der Waals surface area contributed by atoms with E-state index in [2.05, 4.69) is 4.98 Å². The first kappa shape index (κ1) is 15.6. The van der Waals surface area contributed by atoms with Crippen LogP contribution in [0, 0.1) is 0 Å². The zero-order valence-corrected chi connectivity index (χ0v) is 13.5. The Morgan fingerprint density at radius 2 is 2.10 bits per heavy atom. The Balaban J connectivity index is 2.31. The summed E-state index contributed by atoms with van der Waals surface area (Å²) in [5.41, 5.74) is 1.78. The molecule has 0 radical (unpaired) electrons. The van der Waals surface area contributed by atoms with Gasteiger partial charge in [0.2, 0.25) is 0 Å². The van der Waals surface area contributed by atoms with Crippen LogP contribution in [-0.4, -0.2) is 35.9 Å². The van der Waals surface area contributed by atoms with Crippen molar-refractivity contribution in [2.75, 3.05) is 17.9 Å². The van der Waals surface area contributed by atoms with Crippen LogP contribution in [0.4, 0.5) is 0 Å². The van der Waals surface area contributed by atoms with Gasteiger partial charge in [-0.3, -0.25) is 0 Å². The Labute approximate surface area is 128 Å². The molecule has 1 heterocycles. The van der Waals surface area contributed by atoms with Gasteiger partial charge in [0, 0.05) is 30.1 Å². The van der Waals surface area contributed by atoms with Crippen LogP contribution in [0.2, 0.25) is 5.02 Å². The van der Waals surface area contributed by atoms with E-state index in [4.69, 9.17) is 23.2 Å². The number of rotatable bonds is 6. The maximum atomic E-state index is 11.2. The van der Waals surface area contributed by atoms with E-state index < -0.39 is 9.84 Å². The molecular weight excluding hydrogens is 319 g/mol. The molecule has 20 heavy (non-hydrogen) atoms. The fourth-order valence-electron chi connectivity index (χ4n) is 2.16. The normalized spacial score (nSPS) is 12.2. The molecule has 7 heteroatoms. The number of imidazole rings is 1. The van der Waals surface area contributed by atoms with Gasteiger partial charge >= 0.3 is 0 Å². The lowest BCUT2D eigenvalue weighted by molar-refractivity contribution is 0.590. The summed E-state index contributed by atoms with van der Waals surface area (Å²) >= 11 is 11.8. The predicted molar refractivity (Wildman–Crippen MR) is 83.5 cm³/mol. The molecule has 0 aliphatic heterocycles. The summed E-state index contributed by atoms with van der Waals surface area (Å²) in [6.07, 6.45) is 2.45. The van der Waals surface area contributed by atoms with Crippen molar-refractivity contribution >= 4 is 44.1 Å². The maximum absolute atomic E-state index is 11.2. The number of alkyl halides is 1. The van der Waals surface area contributed by atoms with Gasteiger partial charge < -0.3 is 4.57 Å². The van der Waals surface area contributed by atoms with E-state index in [9.17, 15) is 8.42 Å². The Morgan fingerprint density at radius 1 is 1.35 bits per heavy atom. The van der Waals surface area contributed by atoms with E-state index in [1.54, 1.807) is 0 Å². The van der Waals surface area contributed by atoms with Gasteiger partial charge in [0.1, 0.15) is 15.7 Å². The molecule has 2 aromatic rings. The molecule has 0 saturated carbocycles. The third-order valence-corrected chi connectivity index (χ3v) is 4.46. The molecule has 0 aliphatic rings. The zero-order valence-electron chi connectivity index (χ0n) is 11.1. The number of aryl methyl sites for hydroxylation is 2. The summed E-state index contributed by atoms with van der Waals surface area (Å²) in [6.45, 7) is 0.609. The molecule has 0 fully saturated rings. The zero-order chi connectivity index (χ0) is 14.8. The van der Waals surface area contributed by atoms with Gasteiger partial charge in [0.05, 0.1) is 16.8 Å². The second-order valence-corrected chi connectivity index (χ2v) is 7.81. The molecule has 0 saturated heterocycles. The highest BCUT2D eigenvalue weighted by atomic mass is 35.5. The predicted octanol–water partition coefficient (Wildman–Crippen LogP) is 2.91. The van der Waals surface area contributed by atoms with Crippen molar-refractivity contribution in [3.05, 3.63) is 29.0 Å². The van der Waals surface area contributed by atoms with Gasteiger partial charge in [-0.15, -0.1) is 11.6 Å². The minimum absolute atomic E-state index is 0.167. The highest BCUT2D eigenvalue weighted by Crippen LogP contribution is 2.21. The molecule has 0 N–H and O–H groups in total. The lowest BCUT2D eigenvalue weighted by Gasteiger charge is -2.08. The van der Waals surface area contributed by atoms with Crippen LogP contribution >= 0.6 is 23.2 Å². The largest absolute Gasteiger partial charge is 0.328 e. The fourth-order valence-corrected chi connectivity index (χ4v) is 3.15. The molecule has 0 bridgehead atoms.